The number of anilines is 1. The van der Waals surface area contributed by atoms with Crippen LogP contribution in [0.1, 0.15) is 18.7 Å². The zero-order valence-electron chi connectivity index (χ0n) is 10.8. The maximum atomic E-state index is 9.60. The second-order valence-corrected chi connectivity index (χ2v) is 4.62. The molecule has 18 heavy (non-hydrogen) atoms. The van der Waals surface area contributed by atoms with Crippen molar-refractivity contribution in [2.45, 2.75) is 31.5 Å². The van der Waals surface area contributed by atoms with E-state index in [9.17, 15) is 5.11 Å². The van der Waals surface area contributed by atoms with Gasteiger partial charge in [0, 0.05) is 20.2 Å². The number of ether oxygens (including phenoxy) is 1. The van der Waals surface area contributed by atoms with Crippen molar-refractivity contribution in [3.05, 3.63) is 5.89 Å². The van der Waals surface area contributed by atoms with Gasteiger partial charge in [0.15, 0.2) is 0 Å². The highest BCUT2D eigenvalue weighted by atomic mass is 16.5. The van der Waals surface area contributed by atoms with E-state index in [0.717, 1.165) is 0 Å². The van der Waals surface area contributed by atoms with Crippen molar-refractivity contribution in [2.75, 3.05) is 32.2 Å². The van der Waals surface area contributed by atoms with Crippen LogP contribution in [0.4, 0.5) is 6.01 Å². The van der Waals surface area contributed by atoms with E-state index in [1.165, 1.54) is 12.8 Å². The SMILES string of the molecule is COCC(O)CN(C)c1nnc(CNC2CC2)o1. The molecule has 1 heterocycles. The minimum atomic E-state index is -0.570. The first-order chi connectivity index (χ1) is 8.69. The van der Waals surface area contributed by atoms with Gasteiger partial charge in [-0.25, -0.2) is 0 Å². The third kappa shape index (κ3) is 3.94. The molecule has 102 valence electrons. The van der Waals surface area contributed by atoms with Crippen LogP contribution < -0.4 is 10.2 Å². The van der Waals surface area contributed by atoms with Crippen LogP contribution in [0.5, 0.6) is 0 Å². The molecule has 1 aromatic rings. The Morgan fingerprint density at radius 3 is 3.00 bits per heavy atom. The van der Waals surface area contributed by atoms with Gasteiger partial charge in [-0.05, 0) is 12.8 Å². The first-order valence-corrected chi connectivity index (χ1v) is 6.13. The van der Waals surface area contributed by atoms with Gasteiger partial charge in [-0.3, -0.25) is 0 Å². The number of methoxy groups -OCH3 is 1. The summed E-state index contributed by atoms with van der Waals surface area (Å²) in [5.74, 6) is 0.574. The van der Waals surface area contributed by atoms with Crippen LogP contribution in [0.25, 0.3) is 0 Å². The molecule has 2 N–H and O–H groups in total. The lowest BCUT2D eigenvalue weighted by Gasteiger charge is -2.17. The molecule has 0 aromatic carbocycles. The van der Waals surface area contributed by atoms with Crippen LogP contribution in [-0.2, 0) is 11.3 Å². The lowest BCUT2D eigenvalue weighted by atomic mass is 10.3. The van der Waals surface area contributed by atoms with E-state index in [2.05, 4.69) is 15.5 Å². The van der Waals surface area contributed by atoms with Crippen LogP contribution in [0.2, 0.25) is 0 Å². The van der Waals surface area contributed by atoms with Gasteiger partial charge in [-0.2, -0.15) is 0 Å². The van der Waals surface area contributed by atoms with E-state index >= 15 is 0 Å². The molecule has 7 heteroatoms. The maximum Gasteiger partial charge on any atom is 0.318 e. The van der Waals surface area contributed by atoms with Crippen LogP contribution in [0.15, 0.2) is 4.42 Å². The summed E-state index contributed by atoms with van der Waals surface area (Å²) in [6.07, 6.45) is 1.88. The molecule has 0 amide bonds. The molecule has 1 aliphatic rings. The van der Waals surface area contributed by atoms with Crippen molar-refractivity contribution in [3.8, 4) is 0 Å². The van der Waals surface area contributed by atoms with E-state index in [1.807, 2.05) is 0 Å². The number of rotatable bonds is 8. The van der Waals surface area contributed by atoms with Crippen molar-refractivity contribution in [2.24, 2.45) is 0 Å². The summed E-state index contributed by atoms with van der Waals surface area (Å²) in [6, 6.07) is 1.03. The fraction of sp³-hybridized carbons (Fsp3) is 0.818. The largest absolute Gasteiger partial charge is 0.407 e. The van der Waals surface area contributed by atoms with E-state index in [-0.39, 0.29) is 6.61 Å². The molecule has 7 nitrogen and oxygen atoms in total. The molecule has 0 radical (unpaired) electrons. The van der Waals surface area contributed by atoms with Crippen LogP contribution >= 0.6 is 0 Å². The molecule has 1 fully saturated rings. The quantitative estimate of drug-likeness (QED) is 0.664. The second-order valence-electron chi connectivity index (χ2n) is 4.62. The first-order valence-electron chi connectivity index (χ1n) is 6.13. The summed E-state index contributed by atoms with van der Waals surface area (Å²) in [5, 5.41) is 20.8. The smallest absolute Gasteiger partial charge is 0.318 e. The number of hydrogen-bond acceptors (Lipinski definition) is 7. The fourth-order valence-electron chi connectivity index (χ4n) is 1.63. The van der Waals surface area contributed by atoms with Crippen molar-refractivity contribution in [1.82, 2.24) is 15.5 Å². The van der Waals surface area contributed by atoms with Crippen LogP contribution in [0, 0.1) is 0 Å². The number of aliphatic hydroxyl groups is 1. The zero-order chi connectivity index (χ0) is 13.0. The van der Waals surface area contributed by atoms with Gasteiger partial charge < -0.3 is 24.5 Å². The number of aliphatic hydroxyl groups excluding tert-OH is 1. The van der Waals surface area contributed by atoms with Gasteiger partial charge in [-0.1, -0.05) is 5.10 Å². The Morgan fingerprint density at radius 2 is 2.33 bits per heavy atom. The Labute approximate surface area is 106 Å². The summed E-state index contributed by atoms with van der Waals surface area (Å²) < 4.78 is 10.4. The Bertz CT molecular complexity index is 367. The molecule has 1 saturated carbocycles. The van der Waals surface area contributed by atoms with E-state index in [1.54, 1.807) is 19.1 Å². The summed E-state index contributed by atoms with van der Waals surface area (Å²) >= 11 is 0. The lowest BCUT2D eigenvalue weighted by molar-refractivity contribution is 0.0689. The van der Waals surface area contributed by atoms with Crippen molar-refractivity contribution >= 4 is 6.01 Å². The normalized spacial score (nSPS) is 16.8. The van der Waals surface area contributed by atoms with Crippen molar-refractivity contribution in [1.29, 1.82) is 0 Å². The summed E-state index contributed by atoms with van der Waals surface area (Å²) in [7, 11) is 3.35. The summed E-state index contributed by atoms with van der Waals surface area (Å²) in [5.41, 5.74) is 0. The van der Waals surface area contributed by atoms with Gasteiger partial charge in [0.25, 0.3) is 0 Å². The minimum Gasteiger partial charge on any atom is -0.407 e. The average Bonchev–Trinajstić information content (AvgIpc) is 3.04. The predicted molar refractivity (Wildman–Crippen MR) is 65.3 cm³/mol. The number of aromatic nitrogens is 2. The highest BCUT2D eigenvalue weighted by Gasteiger charge is 2.21. The molecule has 0 saturated heterocycles. The molecule has 2 rings (SSSR count). The first kappa shape index (κ1) is 13.3. The maximum absolute atomic E-state index is 9.60. The standard InChI is InChI=1S/C11H20N4O3/c1-15(6-9(16)7-17-2)11-14-13-10(18-11)5-12-8-3-4-8/h8-9,12,16H,3-7H2,1-2H3. The molecular formula is C11H20N4O3. The zero-order valence-corrected chi connectivity index (χ0v) is 10.8. The molecule has 0 aliphatic heterocycles. The van der Waals surface area contributed by atoms with Gasteiger partial charge in [0.2, 0.25) is 5.89 Å². The predicted octanol–water partition coefficient (Wildman–Crippen LogP) is -0.235. The molecule has 1 atom stereocenters. The number of hydrogen-bond donors (Lipinski definition) is 2. The molecule has 1 aromatic heterocycles. The number of nitrogens with zero attached hydrogens (tertiary/aromatic N) is 3. The van der Waals surface area contributed by atoms with Crippen LogP contribution in [-0.4, -0.2) is 54.8 Å². The van der Waals surface area contributed by atoms with Gasteiger partial charge in [0.1, 0.15) is 0 Å². The average molecular weight is 256 g/mol. The lowest BCUT2D eigenvalue weighted by Crippen LogP contribution is -2.32. The number of nitrogens with one attached hydrogen (secondary N) is 1. The molecule has 0 bridgehead atoms. The molecular weight excluding hydrogens is 236 g/mol. The van der Waals surface area contributed by atoms with Gasteiger partial charge in [-0.15, -0.1) is 5.10 Å². The minimum absolute atomic E-state index is 0.286. The second kappa shape index (κ2) is 6.12. The fourth-order valence-corrected chi connectivity index (χ4v) is 1.63. The van der Waals surface area contributed by atoms with Crippen molar-refractivity contribution < 1.29 is 14.3 Å². The third-order valence-corrected chi connectivity index (χ3v) is 2.75. The molecule has 1 unspecified atom stereocenters. The Morgan fingerprint density at radius 1 is 1.56 bits per heavy atom. The van der Waals surface area contributed by atoms with Gasteiger partial charge >= 0.3 is 6.01 Å². The monoisotopic (exact) mass is 256 g/mol. The number of likely N-dealkylation sites (N-methyl/N-ethyl adjacent to an activating group) is 1. The van der Waals surface area contributed by atoms with E-state index < -0.39 is 6.10 Å². The highest BCUT2D eigenvalue weighted by molar-refractivity contribution is 5.22. The topological polar surface area (TPSA) is 83.7 Å². The van der Waals surface area contributed by atoms with Gasteiger partial charge in [0.05, 0.1) is 25.8 Å². The summed E-state index contributed by atoms with van der Waals surface area (Å²) in [4.78, 5) is 1.72. The van der Waals surface area contributed by atoms with Crippen molar-refractivity contribution in [3.63, 3.8) is 0 Å². The Hall–Kier alpha value is -1.18. The van der Waals surface area contributed by atoms with E-state index in [4.69, 9.17) is 9.15 Å². The molecule has 0 spiro atoms. The Kier molecular flexibility index (Phi) is 4.51. The Balaban J connectivity index is 1.79. The third-order valence-electron chi connectivity index (χ3n) is 2.75. The molecule has 1 aliphatic carbocycles. The van der Waals surface area contributed by atoms with E-state index in [0.29, 0.717) is 31.0 Å². The van der Waals surface area contributed by atoms with Crippen LogP contribution in [0.3, 0.4) is 0 Å². The highest BCUT2D eigenvalue weighted by Crippen LogP contribution is 2.19. The summed E-state index contributed by atoms with van der Waals surface area (Å²) in [6.45, 7) is 1.28.